The van der Waals surface area contributed by atoms with Crippen LogP contribution in [0.1, 0.15) is 0 Å². The number of nitrogens with one attached hydrogen (secondary N) is 2. The van der Waals surface area contributed by atoms with Crippen molar-refractivity contribution in [2.24, 2.45) is 0 Å². The molecule has 0 radical (unpaired) electrons. The molecule has 2 N–H and O–H groups in total. The van der Waals surface area contributed by atoms with Crippen LogP contribution < -0.4 is 20.8 Å². The van der Waals surface area contributed by atoms with Gasteiger partial charge in [-0.3, -0.25) is 19.5 Å². The highest BCUT2D eigenvalue weighted by Crippen LogP contribution is 2.28. The summed E-state index contributed by atoms with van der Waals surface area (Å²) in [4.78, 5) is 44.3. The standard InChI is InChI=1S/C19H16N6O7S/c1-32-12-5-3-11(4-6-12)15-9-23(10-20-15)16-7-13-14(8-17(16)25(28)29)21-19(27)24(18(13)26)22-33(2,30)31/h3-10,22H,1-2H3,(H,21,27). The Labute approximate surface area is 185 Å². The molecule has 0 aliphatic carbocycles. The molecule has 13 nitrogen and oxygen atoms in total. The normalized spacial score (nSPS) is 11.5. The molecule has 2 aromatic heterocycles. The highest BCUT2D eigenvalue weighted by atomic mass is 32.2. The molecular formula is C19H16N6O7S. The molecule has 0 saturated heterocycles. The number of nitrogens with zero attached hydrogens (tertiary/aromatic N) is 4. The van der Waals surface area contributed by atoms with Crippen molar-refractivity contribution >= 4 is 26.6 Å². The Morgan fingerprint density at radius 3 is 2.48 bits per heavy atom. The Hall–Kier alpha value is -4.46. The average molecular weight is 472 g/mol. The van der Waals surface area contributed by atoms with Crippen molar-refractivity contribution in [1.29, 1.82) is 0 Å². The summed E-state index contributed by atoms with van der Waals surface area (Å²) >= 11 is 0. The molecular weight excluding hydrogens is 456 g/mol. The third kappa shape index (κ3) is 4.18. The number of imidazole rings is 1. The topological polar surface area (TPSA) is 171 Å². The van der Waals surface area contributed by atoms with E-state index < -0.39 is 31.9 Å². The van der Waals surface area contributed by atoms with E-state index >= 15 is 0 Å². The van der Waals surface area contributed by atoms with Crippen molar-refractivity contribution < 1.29 is 18.1 Å². The Morgan fingerprint density at radius 2 is 1.88 bits per heavy atom. The highest BCUT2D eigenvalue weighted by molar-refractivity contribution is 7.91. The predicted octanol–water partition coefficient (Wildman–Crippen LogP) is 0.962. The van der Waals surface area contributed by atoms with E-state index in [-0.39, 0.29) is 21.3 Å². The molecule has 0 unspecified atom stereocenters. The lowest BCUT2D eigenvalue weighted by atomic mass is 10.1. The van der Waals surface area contributed by atoms with E-state index in [1.54, 1.807) is 24.3 Å². The number of methoxy groups -OCH3 is 1. The van der Waals surface area contributed by atoms with Gasteiger partial charge in [0.05, 0.1) is 34.9 Å². The number of sulfonamides is 1. The maximum absolute atomic E-state index is 12.8. The molecule has 0 fully saturated rings. The Kier molecular flexibility index (Phi) is 5.21. The summed E-state index contributed by atoms with van der Waals surface area (Å²) in [5.74, 6) is 0.649. The lowest BCUT2D eigenvalue weighted by Crippen LogP contribution is -2.43. The van der Waals surface area contributed by atoms with Crippen molar-refractivity contribution in [2.45, 2.75) is 0 Å². The van der Waals surface area contributed by atoms with Gasteiger partial charge in [-0.15, -0.1) is 0 Å². The highest BCUT2D eigenvalue weighted by Gasteiger charge is 2.21. The van der Waals surface area contributed by atoms with Crippen molar-refractivity contribution in [3.8, 4) is 22.7 Å². The smallest absolute Gasteiger partial charge is 0.348 e. The van der Waals surface area contributed by atoms with Crippen molar-refractivity contribution in [1.82, 2.24) is 19.2 Å². The second-order valence-corrected chi connectivity index (χ2v) is 8.70. The average Bonchev–Trinajstić information content (AvgIpc) is 3.25. The Morgan fingerprint density at radius 1 is 1.18 bits per heavy atom. The van der Waals surface area contributed by atoms with E-state index in [9.17, 15) is 28.1 Å². The van der Waals surface area contributed by atoms with E-state index in [4.69, 9.17) is 4.74 Å². The van der Waals surface area contributed by atoms with Crippen LogP contribution in [0.25, 0.3) is 27.8 Å². The van der Waals surface area contributed by atoms with Gasteiger partial charge in [0.1, 0.15) is 17.8 Å². The number of aromatic nitrogens is 4. The first-order chi connectivity index (χ1) is 15.6. The van der Waals surface area contributed by atoms with Gasteiger partial charge < -0.3 is 9.72 Å². The second kappa shape index (κ2) is 7.90. The van der Waals surface area contributed by atoms with Gasteiger partial charge in [-0.25, -0.2) is 23.0 Å². The van der Waals surface area contributed by atoms with E-state index in [0.717, 1.165) is 17.9 Å². The van der Waals surface area contributed by atoms with Crippen molar-refractivity contribution in [3.05, 3.63) is 79.9 Å². The van der Waals surface area contributed by atoms with E-state index in [1.165, 1.54) is 30.3 Å². The quantitative estimate of drug-likeness (QED) is 0.308. The van der Waals surface area contributed by atoms with Gasteiger partial charge in [0.15, 0.2) is 0 Å². The maximum Gasteiger partial charge on any atom is 0.348 e. The number of benzene rings is 2. The molecule has 2 aromatic carbocycles. The summed E-state index contributed by atoms with van der Waals surface area (Å²) in [5, 5.41) is 11.6. The van der Waals surface area contributed by atoms with Crippen LogP contribution in [0.15, 0.2) is 58.5 Å². The van der Waals surface area contributed by atoms with Gasteiger partial charge >= 0.3 is 5.69 Å². The third-order valence-electron chi connectivity index (χ3n) is 4.69. The zero-order valence-electron chi connectivity index (χ0n) is 17.2. The van der Waals surface area contributed by atoms with Crippen LogP contribution in [-0.2, 0) is 10.0 Å². The van der Waals surface area contributed by atoms with Crippen LogP contribution in [0, 0.1) is 10.1 Å². The third-order valence-corrected chi connectivity index (χ3v) is 5.21. The number of aromatic amines is 1. The number of H-pyrrole nitrogens is 1. The number of nitro benzene ring substituents is 1. The molecule has 0 bridgehead atoms. The zero-order valence-corrected chi connectivity index (χ0v) is 18.0. The lowest BCUT2D eigenvalue weighted by molar-refractivity contribution is -0.384. The molecule has 33 heavy (non-hydrogen) atoms. The van der Waals surface area contributed by atoms with Crippen LogP contribution in [0.4, 0.5) is 5.69 Å². The van der Waals surface area contributed by atoms with Crippen LogP contribution in [0.3, 0.4) is 0 Å². The minimum Gasteiger partial charge on any atom is -0.497 e. The first-order valence-electron chi connectivity index (χ1n) is 9.21. The number of nitro groups is 1. The van der Waals surface area contributed by atoms with E-state index in [2.05, 4.69) is 9.97 Å². The summed E-state index contributed by atoms with van der Waals surface area (Å²) in [6, 6.07) is 9.22. The predicted molar refractivity (Wildman–Crippen MR) is 119 cm³/mol. The minimum atomic E-state index is -3.95. The minimum absolute atomic E-state index is 0.00480. The zero-order chi connectivity index (χ0) is 23.9. The van der Waals surface area contributed by atoms with Gasteiger partial charge in [0.25, 0.3) is 11.2 Å². The second-order valence-electron chi connectivity index (χ2n) is 6.97. The van der Waals surface area contributed by atoms with Gasteiger partial charge in [-0.1, -0.05) is 0 Å². The Balaban J connectivity index is 1.90. The summed E-state index contributed by atoms with van der Waals surface area (Å²) in [7, 11) is -2.41. The van der Waals surface area contributed by atoms with Gasteiger partial charge in [0.2, 0.25) is 10.0 Å². The maximum atomic E-state index is 12.8. The van der Waals surface area contributed by atoms with Crippen molar-refractivity contribution in [3.63, 3.8) is 0 Å². The SMILES string of the molecule is COc1ccc(-c2cn(-c3cc4c(=O)n(NS(C)(=O)=O)c(=O)[nH]c4cc3[N+](=O)[O-])cn2)cc1. The molecule has 2 heterocycles. The molecule has 0 aliphatic heterocycles. The molecule has 0 aliphatic rings. The molecule has 170 valence electrons. The Bertz CT molecular complexity index is 1620. The molecule has 0 atom stereocenters. The first-order valence-corrected chi connectivity index (χ1v) is 11.1. The molecule has 0 saturated carbocycles. The summed E-state index contributed by atoms with van der Waals surface area (Å²) in [5.41, 5.74) is -1.38. The fourth-order valence-corrected chi connectivity index (χ4v) is 3.71. The number of ether oxygens (including phenoxy) is 1. The van der Waals surface area contributed by atoms with Crippen LogP contribution >= 0.6 is 0 Å². The fraction of sp³-hybridized carbons (Fsp3) is 0.105. The van der Waals surface area contributed by atoms with Crippen molar-refractivity contribution in [2.75, 3.05) is 18.2 Å². The summed E-state index contributed by atoms with van der Waals surface area (Å²) < 4.78 is 29.8. The molecule has 0 amide bonds. The van der Waals surface area contributed by atoms with Crippen LogP contribution in [0.2, 0.25) is 0 Å². The number of hydrogen-bond donors (Lipinski definition) is 2. The van der Waals surface area contributed by atoms with E-state index in [0.29, 0.717) is 11.4 Å². The number of hydrogen-bond acceptors (Lipinski definition) is 8. The van der Waals surface area contributed by atoms with E-state index in [1.807, 2.05) is 4.83 Å². The van der Waals surface area contributed by atoms with Gasteiger partial charge in [0, 0.05) is 17.8 Å². The van der Waals surface area contributed by atoms with Gasteiger partial charge in [-0.05, 0) is 30.3 Å². The monoisotopic (exact) mass is 472 g/mol. The molecule has 4 rings (SSSR count). The molecule has 14 heteroatoms. The summed E-state index contributed by atoms with van der Waals surface area (Å²) in [6.45, 7) is 0. The molecule has 0 spiro atoms. The van der Waals surface area contributed by atoms with Gasteiger partial charge in [-0.2, -0.15) is 4.68 Å². The molecule has 4 aromatic rings. The summed E-state index contributed by atoms with van der Waals surface area (Å²) in [6.07, 6.45) is 3.65. The van der Waals surface area contributed by atoms with Crippen LogP contribution in [0.5, 0.6) is 5.75 Å². The fourth-order valence-electron chi connectivity index (χ4n) is 3.21. The largest absolute Gasteiger partial charge is 0.497 e. The lowest BCUT2D eigenvalue weighted by Gasteiger charge is -2.09. The first kappa shape index (κ1) is 21.8. The number of fused-ring (bicyclic) bond motifs is 1. The number of rotatable bonds is 6. The van der Waals surface area contributed by atoms with Crippen LogP contribution in [-0.4, -0.2) is 45.9 Å².